The Morgan fingerprint density at radius 2 is 2.46 bits per heavy atom. The zero-order chi connectivity index (χ0) is 9.26. The number of hydrogen-bond acceptors (Lipinski definition) is 3. The number of nitrogens with one attached hydrogen (secondary N) is 1. The Morgan fingerprint density at radius 1 is 1.62 bits per heavy atom. The van der Waals surface area contributed by atoms with Gasteiger partial charge in [-0.25, -0.2) is 0 Å². The lowest BCUT2D eigenvalue weighted by Crippen LogP contribution is -2.20. The Labute approximate surface area is 80.4 Å². The van der Waals surface area contributed by atoms with Crippen LogP contribution >= 0.6 is 11.3 Å². The van der Waals surface area contributed by atoms with E-state index in [-0.39, 0.29) is 11.8 Å². The molecular weight excluding hydrogens is 186 g/mol. The smallest absolute Gasteiger partial charge is 0.308 e. The quantitative estimate of drug-likeness (QED) is 0.747. The molecule has 1 aromatic heterocycles. The fraction of sp³-hybridized carbons (Fsp3) is 0.444. The second-order valence-corrected chi connectivity index (χ2v) is 4.20. The lowest BCUT2D eigenvalue weighted by Gasteiger charge is -2.11. The van der Waals surface area contributed by atoms with Crippen molar-refractivity contribution in [1.82, 2.24) is 5.32 Å². The van der Waals surface area contributed by atoms with E-state index in [9.17, 15) is 4.79 Å². The standard InChI is InChI=1S/C9H11NO2S/c11-9(12)7-5-10-4-6(7)8-2-1-3-13-8/h1-3,6-7,10H,4-5H2,(H,11,12). The van der Waals surface area contributed by atoms with Crippen LogP contribution in [-0.4, -0.2) is 24.2 Å². The van der Waals surface area contributed by atoms with Crippen LogP contribution in [0.15, 0.2) is 17.5 Å². The zero-order valence-corrected chi connectivity index (χ0v) is 7.88. The first-order valence-corrected chi connectivity index (χ1v) is 5.14. The molecule has 0 radical (unpaired) electrons. The maximum absolute atomic E-state index is 10.9. The Kier molecular flexibility index (Phi) is 2.33. The Bertz CT molecular complexity index is 297. The molecule has 0 bridgehead atoms. The maximum atomic E-state index is 10.9. The molecular formula is C9H11NO2S. The largest absolute Gasteiger partial charge is 0.481 e. The summed E-state index contributed by atoms with van der Waals surface area (Å²) in [5, 5.41) is 14.1. The van der Waals surface area contributed by atoms with Gasteiger partial charge in [-0.3, -0.25) is 4.79 Å². The van der Waals surface area contributed by atoms with Crippen LogP contribution in [0, 0.1) is 5.92 Å². The molecule has 0 saturated carbocycles. The van der Waals surface area contributed by atoms with Crippen LogP contribution in [0.25, 0.3) is 0 Å². The second kappa shape index (κ2) is 3.47. The second-order valence-electron chi connectivity index (χ2n) is 3.22. The third kappa shape index (κ3) is 1.59. The van der Waals surface area contributed by atoms with Gasteiger partial charge >= 0.3 is 5.97 Å². The Hall–Kier alpha value is -0.870. The normalized spacial score (nSPS) is 27.7. The van der Waals surface area contributed by atoms with Crippen LogP contribution in [0.2, 0.25) is 0 Å². The van der Waals surface area contributed by atoms with Crippen LogP contribution in [0.3, 0.4) is 0 Å². The van der Waals surface area contributed by atoms with E-state index < -0.39 is 5.97 Å². The average Bonchev–Trinajstić information content (AvgIpc) is 2.74. The van der Waals surface area contributed by atoms with E-state index in [1.165, 1.54) is 4.88 Å². The van der Waals surface area contributed by atoms with Gasteiger partial charge in [0.25, 0.3) is 0 Å². The third-order valence-corrected chi connectivity index (χ3v) is 3.44. The van der Waals surface area contributed by atoms with E-state index in [0.29, 0.717) is 6.54 Å². The van der Waals surface area contributed by atoms with Crippen molar-refractivity contribution in [3.05, 3.63) is 22.4 Å². The highest BCUT2D eigenvalue weighted by Crippen LogP contribution is 2.31. The number of aliphatic carboxylic acids is 1. The molecule has 2 unspecified atom stereocenters. The average molecular weight is 197 g/mol. The van der Waals surface area contributed by atoms with Crippen LogP contribution in [-0.2, 0) is 4.79 Å². The molecule has 2 rings (SSSR count). The van der Waals surface area contributed by atoms with E-state index in [1.54, 1.807) is 11.3 Å². The van der Waals surface area contributed by atoms with Gasteiger partial charge < -0.3 is 10.4 Å². The highest BCUT2D eigenvalue weighted by atomic mass is 32.1. The van der Waals surface area contributed by atoms with E-state index in [2.05, 4.69) is 5.32 Å². The maximum Gasteiger partial charge on any atom is 0.308 e. The van der Waals surface area contributed by atoms with Gasteiger partial charge in [-0.15, -0.1) is 11.3 Å². The summed E-state index contributed by atoms with van der Waals surface area (Å²) < 4.78 is 0. The van der Waals surface area contributed by atoms with Crippen molar-refractivity contribution < 1.29 is 9.90 Å². The van der Waals surface area contributed by atoms with Gasteiger partial charge in [-0.05, 0) is 11.4 Å². The molecule has 3 nitrogen and oxygen atoms in total. The highest BCUT2D eigenvalue weighted by Gasteiger charge is 2.34. The first-order chi connectivity index (χ1) is 6.29. The number of hydrogen-bond donors (Lipinski definition) is 2. The fourth-order valence-corrected chi connectivity index (χ4v) is 2.63. The predicted octanol–water partition coefficient (Wildman–Crippen LogP) is 1.14. The number of rotatable bonds is 2. The topological polar surface area (TPSA) is 49.3 Å². The fourth-order valence-electron chi connectivity index (χ4n) is 1.74. The predicted molar refractivity (Wildman–Crippen MR) is 51.1 cm³/mol. The first-order valence-electron chi connectivity index (χ1n) is 4.26. The molecule has 2 N–H and O–H groups in total. The summed E-state index contributed by atoms with van der Waals surface area (Å²) in [4.78, 5) is 12.0. The van der Waals surface area contributed by atoms with Crippen molar-refractivity contribution >= 4 is 17.3 Å². The zero-order valence-electron chi connectivity index (χ0n) is 7.06. The molecule has 1 aliphatic heterocycles. The van der Waals surface area contributed by atoms with Gasteiger partial charge in [0.1, 0.15) is 0 Å². The van der Waals surface area contributed by atoms with Crippen LogP contribution in [0.5, 0.6) is 0 Å². The summed E-state index contributed by atoms with van der Waals surface area (Å²) in [6.07, 6.45) is 0. The van der Waals surface area contributed by atoms with Gasteiger partial charge in [0.15, 0.2) is 0 Å². The minimum atomic E-state index is -0.691. The molecule has 1 aliphatic rings. The molecule has 13 heavy (non-hydrogen) atoms. The Balaban J connectivity index is 2.19. The molecule has 4 heteroatoms. The SMILES string of the molecule is O=C(O)C1CNCC1c1cccs1. The monoisotopic (exact) mass is 197 g/mol. The molecule has 2 heterocycles. The number of carboxylic acid groups (broad SMARTS) is 1. The summed E-state index contributed by atoms with van der Waals surface area (Å²) in [5.74, 6) is -0.778. The van der Waals surface area contributed by atoms with E-state index in [1.807, 2.05) is 17.5 Å². The van der Waals surface area contributed by atoms with Gasteiger partial charge in [0.2, 0.25) is 0 Å². The molecule has 2 atom stereocenters. The molecule has 1 aromatic rings. The summed E-state index contributed by atoms with van der Waals surface area (Å²) in [7, 11) is 0. The summed E-state index contributed by atoms with van der Waals surface area (Å²) in [6.45, 7) is 1.38. The molecule has 0 amide bonds. The van der Waals surface area contributed by atoms with Crippen molar-refractivity contribution in [2.24, 2.45) is 5.92 Å². The van der Waals surface area contributed by atoms with E-state index >= 15 is 0 Å². The number of carboxylic acids is 1. The molecule has 0 aromatic carbocycles. The van der Waals surface area contributed by atoms with Gasteiger partial charge in [-0.2, -0.15) is 0 Å². The third-order valence-electron chi connectivity index (χ3n) is 2.44. The summed E-state index contributed by atoms with van der Waals surface area (Å²) >= 11 is 1.64. The van der Waals surface area contributed by atoms with Gasteiger partial charge in [0.05, 0.1) is 5.92 Å². The van der Waals surface area contributed by atoms with E-state index in [0.717, 1.165) is 6.54 Å². The Morgan fingerprint density at radius 3 is 3.08 bits per heavy atom. The van der Waals surface area contributed by atoms with Crippen molar-refractivity contribution in [3.63, 3.8) is 0 Å². The van der Waals surface area contributed by atoms with Gasteiger partial charge in [0, 0.05) is 23.9 Å². The summed E-state index contributed by atoms with van der Waals surface area (Å²) in [6, 6.07) is 3.98. The van der Waals surface area contributed by atoms with Crippen LogP contribution in [0.1, 0.15) is 10.8 Å². The number of thiophene rings is 1. The highest BCUT2D eigenvalue weighted by molar-refractivity contribution is 7.10. The lowest BCUT2D eigenvalue weighted by molar-refractivity contribution is -0.141. The molecule has 70 valence electrons. The molecule has 1 fully saturated rings. The van der Waals surface area contributed by atoms with Crippen molar-refractivity contribution in [3.8, 4) is 0 Å². The van der Waals surface area contributed by atoms with Crippen LogP contribution in [0.4, 0.5) is 0 Å². The molecule has 0 spiro atoms. The lowest BCUT2D eigenvalue weighted by atomic mass is 9.95. The number of carbonyl (C=O) groups is 1. The summed E-state index contributed by atoms with van der Waals surface area (Å²) in [5.41, 5.74) is 0. The molecule has 1 saturated heterocycles. The minimum Gasteiger partial charge on any atom is -0.481 e. The van der Waals surface area contributed by atoms with Gasteiger partial charge in [-0.1, -0.05) is 6.07 Å². The minimum absolute atomic E-state index is 0.164. The van der Waals surface area contributed by atoms with Crippen molar-refractivity contribution in [2.45, 2.75) is 5.92 Å². The van der Waals surface area contributed by atoms with Crippen molar-refractivity contribution in [1.29, 1.82) is 0 Å². The van der Waals surface area contributed by atoms with E-state index in [4.69, 9.17) is 5.11 Å². The first kappa shape index (κ1) is 8.72. The molecule has 0 aliphatic carbocycles. The van der Waals surface area contributed by atoms with Crippen molar-refractivity contribution in [2.75, 3.05) is 13.1 Å². The van der Waals surface area contributed by atoms with Crippen LogP contribution < -0.4 is 5.32 Å².